The molecular weight excluding hydrogens is 162 g/mol. The predicted octanol–water partition coefficient (Wildman–Crippen LogP) is 2.12. The molecule has 0 radical (unpaired) electrons. The molecule has 1 nitrogen and oxygen atoms in total. The lowest BCUT2D eigenvalue weighted by molar-refractivity contribution is 0.439. The fourth-order valence-electron chi connectivity index (χ4n) is 0.592. The fraction of sp³-hybridized carbons (Fsp3) is 0.714. The van der Waals surface area contributed by atoms with Crippen LogP contribution in [0.25, 0.3) is 0 Å². The molecule has 0 aliphatic rings. The van der Waals surface area contributed by atoms with E-state index in [9.17, 15) is 0 Å². The van der Waals surface area contributed by atoms with Gasteiger partial charge in [0.1, 0.15) is 0 Å². The van der Waals surface area contributed by atoms with Crippen molar-refractivity contribution >= 4 is 23.5 Å². The third-order valence-corrected chi connectivity index (χ3v) is 2.16. The molecule has 0 fully saturated rings. The van der Waals surface area contributed by atoms with Crippen molar-refractivity contribution in [2.75, 3.05) is 32.0 Å². The summed E-state index contributed by atoms with van der Waals surface area (Å²) in [5.74, 6) is 1.11. The first-order valence-corrected chi connectivity index (χ1v) is 5.84. The summed E-state index contributed by atoms with van der Waals surface area (Å²) in [4.78, 5) is 2.28. The number of thioether (sulfide) groups is 2. The summed E-state index contributed by atoms with van der Waals surface area (Å²) in [6, 6.07) is 0. The van der Waals surface area contributed by atoms with Crippen LogP contribution in [0.2, 0.25) is 0 Å². The molecule has 0 bridgehead atoms. The van der Waals surface area contributed by atoms with E-state index < -0.39 is 0 Å². The van der Waals surface area contributed by atoms with Crippen LogP contribution in [0.1, 0.15) is 0 Å². The number of likely N-dealkylation sites (N-methyl/N-ethyl adjacent to an activating group) is 1. The van der Waals surface area contributed by atoms with Crippen LogP contribution in [0.3, 0.4) is 0 Å². The molecule has 0 saturated heterocycles. The molecule has 0 spiro atoms. The third kappa shape index (κ3) is 6.52. The van der Waals surface area contributed by atoms with E-state index in [0.29, 0.717) is 0 Å². The molecule has 0 amide bonds. The number of rotatable bonds is 5. The van der Waals surface area contributed by atoms with E-state index in [4.69, 9.17) is 0 Å². The van der Waals surface area contributed by atoms with Gasteiger partial charge in [0, 0.05) is 12.4 Å². The van der Waals surface area contributed by atoms with Crippen molar-refractivity contribution in [1.82, 2.24) is 4.90 Å². The molecule has 0 saturated carbocycles. The topological polar surface area (TPSA) is 3.24 Å². The summed E-state index contributed by atoms with van der Waals surface area (Å²) in [5, 5.41) is 2.12. The minimum absolute atomic E-state index is 1.06. The van der Waals surface area contributed by atoms with Gasteiger partial charge in [0.15, 0.2) is 0 Å². The highest BCUT2D eigenvalue weighted by atomic mass is 32.2. The van der Waals surface area contributed by atoms with Crippen LogP contribution < -0.4 is 0 Å². The van der Waals surface area contributed by atoms with Crippen molar-refractivity contribution in [2.24, 2.45) is 0 Å². The van der Waals surface area contributed by atoms with Crippen molar-refractivity contribution in [1.29, 1.82) is 0 Å². The van der Waals surface area contributed by atoms with Gasteiger partial charge in [-0.3, -0.25) is 4.90 Å². The number of hydrogen-bond donors (Lipinski definition) is 0. The van der Waals surface area contributed by atoms with Gasteiger partial charge in [0.2, 0.25) is 0 Å². The smallest absolute Gasteiger partial charge is 0.0441 e. The molecule has 0 rings (SSSR count). The molecule has 0 aromatic heterocycles. The Morgan fingerprint density at radius 3 is 2.60 bits per heavy atom. The monoisotopic (exact) mass is 177 g/mol. The van der Waals surface area contributed by atoms with Gasteiger partial charge in [-0.1, -0.05) is 6.08 Å². The zero-order chi connectivity index (χ0) is 7.82. The maximum atomic E-state index is 2.28. The lowest BCUT2D eigenvalue weighted by Crippen LogP contribution is -2.16. The second kappa shape index (κ2) is 7.51. The Morgan fingerprint density at radius 2 is 2.10 bits per heavy atom. The van der Waals surface area contributed by atoms with Crippen molar-refractivity contribution < 1.29 is 0 Å². The average Bonchev–Trinajstić information content (AvgIpc) is 1.89. The molecule has 0 aliphatic heterocycles. The molecule has 60 valence electrons. The van der Waals surface area contributed by atoms with E-state index in [1.165, 1.54) is 0 Å². The summed E-state index contributed by atoms with van der Waals surface area (Å²) in [5.41, 5.74) is 0. The minimum Gasteiger partial charge on any atom is -0.294 e. The van der Waals surface area contributed by atoms with Crippen LogP contribution >= 0.6 is 23.5 Å². The Hall–Kier alpha value is 0.400. The SMILES string of the molecule is CS/C=C\CN(C)CSC. The van der Waals surface area contributed by atoms with Crippen LogP contribution in [-0.2, 0) is 0 Å². The number of nitrogens with zero attached hydrogens (tertiary/aromatic N) is 1. The maximum absolute atomic E-state index is 2.28. The van der Waals surface area contributed by atoms with Gasteiger partial charge in [-0.2, -0.15) is 0 Å². The molecule has 0 N–H and O–H groups in total. The molecule has 0 aliphatic carbocycles. The van der Waals surface area contributed by atoms with E-state index in [0.717, 1.165) is 12.4 Å². The maximum Gasteiger partial charge on any atom is 0.0441 e. The quantitative estimate of drug-likeness (QED) is 0.592. The Morgan fingerprint density at radius 1 is 1.40 bits per heavy atom. The van der Waals surface area contributed by atoms with E-state index in [1.807, 2.05) is 11.8 Å². The highest BCUT2D eigenvalue weighted by Gasteiger charge is 1.89. The van der Waals surface area contributed by atoms with E-state index in [-0.39, 0.29) is 0 Å². The Balaban J connectivity index is 3.20. The van der Waals surface area contributed by atoms with Gasteiger partial charge in [0.25, 0.3) is 0 Å². The van der Waals surface area contributed by atoms with Crippen LogP contribution in [0, 0.1) is 0 Å². The molecule has 0 heterocycles. The minimum atomic E-state index is 1.06. The Kier molecular flexibility index (Phi) is 7.81. The van der Waals surface area contributed by atoms with Crippen LogP contribution in [0.4, 0.5) is 0 Å². The normalized spacial score (nSPS) is 11.6. The number of hydrogen-bond acceptors (Lipinski definition) is 3. The standard InChI is InChI=1S/C7H15NS2/c1-8(7-10-3)5-4-6-9-2/h4,6H,5,7H2,1-3H3/b6-4-. The van der Waals surface area contributed by atoms with Crippen molar-refractivity contribution in [3.63, 3.8) is 0 Å². The highest BCUT2D eigenvalue weighted by Crippen LogP contribution is 1.97. The van der Waals surface area contributed by atoms with Crippen LogP contribution in [0.5, 0.6) is 0 Å². The molecule has 10 heavy (non-hydrogen) atoms. The lowest BCUT2D eigenvalue weighted by Gasteiger charge is -2.10. The molecule has 0 aromatic carbocycles. The molecule has 3 heteroatoms. The first-order chi connectivity index (χ1) is 4.81. The summed E-state index contributed by atoms with van der Waals surface area (Å²) >= 11 is 3.60. The fourth-order valence-corrected chi connectivity index (χ4v) is 1.42. The summed E-state index contributed by atoms with van der Waals surface area (Å²) < 4.78 is 0. The predicted molar refractivity (Wildman–Crippen MR) is 53.7 cm³/mol. The summed E-state index contributed by atoms with van der Waals surface area (Å²) in [6.45, 7) is 1.06. The van der Waals surface area contributed by atoms with Gasteiger partial charge in [-0.05, 0) is 25.0 Å². The molecule has 0 unspecified atom stereocenters. The van der Waals surface area contributed by atoms with Crippen molar-refractivity contribution in [2.45, 2.75) is 0 Å². The lowest BCUT2D eigenvalue weighted by atomic mass is 10.6. The zero-order valence-electron chi connectivity index (χ0n) is 6.83. The Bertz CT molecular complexity index is 93.6. The van der Waals surface area contributed by atoms with E-state index in [2.05, 4.69) is 35.9 Å². The van der Waals surface area contributed by atoms with Gasteiger partial charge < -0.3 is 0 Å². The van der Waals surface area contributed by atoms with E-state index >= 15 is 0 Å². The van der Waals surface area contributed by atoms with Crippen LogP contribution in [-0.4, -0.2) is 36.9 Å². The van der Waals surface area contributed by atoms with Crippen molar-refractivity contribution in [3.8, 4) is 0 Å². The summed E-state index contributed by atoms with van der Waals surface area (Å²) in [6.07, 6.45) is 6.38. The molecule has 0 aromatic rings. The first kappa shape index (κ1) is 10.4. The Labute approximate surface area is 72.2 Å². The van der Waals surface area contributed by atoms with Crippen LogP contribution in [0.15, 0.2) is 11.5 Å². The average molecular weight is 177 g/mol. The largest absolute Gasteiger partial charge is 0.294 e. The van der Waals surface area contributed by atoms with Gasteiger partial charge >= 0.3 is 0 Å². The first-order valence-electron chi connectivity index (χ1n) is 3.16. The zero-order valence-corrected chi connectivity index (χ0v) is 8.47. The molecule has 0 atom stereocenters. The van der Waals surface area contributed by atoms with Gasteiger partial charge in [-0.25, -0.2) is 0 Å². The highest BCUT2D eigenvalue weighted by molar-refractivity contribution is 8.01. The second-order valence-electron chi connectivity index (χ2n) is 2.06. The third-order valence-electron chi connectivity index (χ3n) is 0.999. The van der Waals surface area contributed by atoms with Gasteiger partial charge in [-0.15, -0.1) is 23.5 Å². The summed E-state index contributed by atoms with van der Waals surface area (Å²) in [7, 11) is 2.13. The van der Waals surface area contributed by atoms with Crippen molar-refractivity contribution in [3.05, 3.63) is 11.5 Å². The second-order valence-corrected chi connectivity index (χ2v) is 3.64. The van der Waals surface area contributed by atoms with Gasteiger partial charge in [0.05, 0.1) is 0 Å². The van der Waals surface area contributed by atoms with E-state index in [1.54, 1.807) is 11.8 Å². The molecular formula is C7H15NS2.